The topological polar surface area (TPSA) is 119 Å². The van der Waals surface area contributed by atoms with Crippen LogP contribution in [0.15, 0.2) is 36.8 Å². The van der Waals surface area contributed by atoms with E-state index in [9.17, 15) is 9.59 Å². The third kappa shape index (κ3) is 8.30. The molecule has 210 valence electrons. The zero-order valence-electron chi connectivity index (χ0n) is 22.9. The number of thioether (sulfide) groups is 1. The van der Waals surface area contributed by atoms with Gasteiger partial charge in [-0.15, -0.1) is 5.10 Å². The number of fused-ring (bicyclic) bond motifs is 4. The zero-order chi connectivity index (χ0) is 27.6. The highest BCUT2D eigenvalue weighted by molar-refractivity contribution is 7.98. The van der Waals surface area contributed by atoms with Gasteiger partial charge in [0.2, 0.25) is 5.91 Å². The Morgan fingerprint density at radius 3 is 2.87 bits per heavy atom. The molecule has 3 heterocycles. The molecule has 39 heavy (non-hydrogen) atoms. The van der Waals surface area contributed by atoms with Crippen molar-refractivity contribution in [1.82, 2.24) is 40.1 Å². The van der Waals surface area contributed by atoms with Crippen molar-refractivity contribution in [3.05, 3.63) is 59.4 Å². The molecule has 0 spiro atoms. The van der Waals surface area contributed by atoms with Crippen molar-refractivity contribution in [2.24, 2.45) is 7.05 Å². The number of carbonyl (C=O) groups is 2. The summed E-state index contributed by atoms with van der Waals surface area (Å²) in [5.41, 5.74) is 2.22. The summed E-state index contributed by atoms with van der Waals surface area (Å²) in [6.07, 6.45) is 9.72. The minimum absolute atomic E-state index is 0.171. The second-order valence-electron chi connectivity index (χ2n) is 9.77. The zero-order valence-corrected chi connectivity index (χ0v) is 23.7. The Hall–Kier alpha value is -3.38. The van der Waals surface area contributed by atoms with Crippen molar-refractivity contribution in [2.45, 2.75) is 51.9 Å². The van der Waals surface area contributed by atoms with Crippen molar-refractivity contribution in [1.29, 1.82) is 0 Å². The van der Waals surface area contributed by atoms with Crippen LogP contribution in [0.2, 0.25) is 0 Å². The first-order chi connectivity index (χ1) is 18.9. The summed E-state index contributed by atoms with van der Waals surface area (Å²) in [5, 5.41) is 14.7. The van der Waals surface area contributed by atoms with Gasteiger partial charge in [0.15, 0.2) is 0 Å². The molecule has 0 fully saturated rings. The highest BCUT2D eigenvalue weighted by atomic mass is 32.2. The van der Waals surface area contributed by atoms with Crippen LogP contribution in [-0.4, -0.2) is 79.0 Å². The monoisotopic (exact) mass is 554 g/mol. The number of nitrogens with zero attached hydrogens (tertiary/aromatic N) is 6. The second-order valence-corrected chi connectivity index (χ2v) is 10.8. The van der Waals surface area contributed by atoms with Gasteiger partial charge in [0.25, 0.3) is 5.91 Å². The van der Waals surface area contributed by atoms with Crippen molar-refractivity contribution in [3.8, 4) is 5.75 Å². The molecule has 2 aromatic heterocycles. The summed E-state index contributed by atoms with van der Waals surface area (Å²) in [5.74, 6) is 1.89. The molecule has 1 aliphatic rings. The van der Waals surface area contributed by atoms with Crippen LogP contribution in [0, 0.1) is 6.92 Å². The summed E-state index contributed by atoms with van der Waals surface area (Å²) in [7, 11) is 1.98. The van der Waals surface area contributed by atoms with Gasteiger partial charge < -0.3 is 19.9 Å². The number of hydrogen-bond donors (Lipinski definition) is 2. The predicted octanol–water partition coefficient (Wildman–Crippen LogP) is 2.16. The maximum absolute atomic E-state index is 13.2. The lowest BCUT2D eigenvalue weighted by atomic mass is 10.1. The minimum atomic E-state index is -0.613. The quantitative estimate of drug-likeness (QED) is 0.493. The molecule has 11 nitrogen and oxygen atoms in total. The number of amides is 2. The molecular weight excluding hydrogens is 516 g/mol. The molecule has 0 saturated heterocycles. The Balaban J connectivity index is 1.51. The Bertz CT molecular complexity index is 1240. The Morgan fingerprint density at radius 1 is 1.21 bits per heavy atom. The van der Waals surface area contributed by atoms with E-state index in [0.717, 1.165) is 42.2 Å². The first-order valence-electron chi connectivity index (χ1n) is 13.3. The fraction of sp³-hybridized carbons (Fsp3) is 0.519. The lowest BCUT2D eigenvalue weighted by molar-refractivity contribution is -0.123. The van der Waals surface area contributed by atoms with Crippen LogP contribution in [0.3, 0.4) is 0 Å². The van der Waals surface area contributed by atoms with E-state index in [-0.39, 0.29) is 11.8 Å². The van der Waals surface area contributed by atoms with E-state index >= 15 is 0 Å². The van der Waals surface area contributed by atoms with Crippen molar-refractivity contribution in [3.63, 3.8) is 0 Å². The van der Waals surface area contributed by atoms with E-state index in [2.05, 4.69) is 30.8 Å². The van der Waals surface area contributed by atoms with E-state index in [4.69, 9.17) is 4.74 Å². The number of nitrogens with one attached hydrogen (secondary N) is 2. The average Bonchev–Trinajstić information content (AvgIpc) is 3.55. The van der Waals surface area contributed by atoms with Crippen LogP contribution in [0.1, 0.15) is 46.7 Å². The predicted molar refractivity (Wildman–Crippen MR) is 151 cm³/mol. The molecule has 2 N–H and O–H groups in total. The first kappa shape index (κ1) is 28.6. The van der Waals surface area contributed by atoms with Crippen LogP contribution in [-0.2, 0) is 31.5 Å². The number of aromatic nitrogens is 5. The lowest BCUT2D eigenvalue weighted by Crippen LogP contribution is -2.47. The highest BCUT2D eigenvalue weighted by Crippen LogP contribution is 2.18. The third-order valence-electron chi connectivity index (χ3n) is 6.69. The largest absolute Gasteiger partial charge is 0.494 e. The van der Waals surface area contributed by atoms with Crippen molar-refractivity contribution >= 4 is 23.6 Å². The number of imidazole rings is 1. The van der Waals surface area contributed by atoms with Crippen LogP contribution in [0.4, 0.5) is 0 Å². The smallest absolute Gasteiger partial charge is 0.252 e. The van der Waals surface area contributed by atoms with Crippen LogP contribution in [0.5, 0.6) is 5.75 Å². The lowest BCUT2D eigenvalue weighted by Gasteiger charge is -2.22. The molecule has 2 amide bonds. The highest BCUT2D eigenvalue weighted by Gasteiger charge is 2.22. The molecule has 1 aromatic carbocycles. The molecule has 4 bridgehead atoms. The molecule has 0 saturated carbocycles. The molecule has 4 rings (SSSR count). The number of benzene rings is 1. The van der Waals surface area contributed by atoms with E-state index < -0.39 is 6.04 Å². The number of hydrogen-bond acceptors (Lipinski definition) is 8. The maximum Gasteiger partial charge on any atom is 0.252 e. The summed E-state index contributed by atoms with van der Waals surface area (Å²) < 4.78 is 9.78. The molecule has 1 aliphatic heterocycles. The SMILES string of the molecule is CSCC[C@@H]1NC(=O)c2cc(ccc2C)OCCCn2cc(nn2)CN(Cc2nccn2C)CCCNC1=O. The standard InChI is InChI=1S/C27H38N8O3S/c1-20-6-7-22-16-23(20)26(36)30-24(8-15-39-3)27(37)29-9-4-11-34(19-25-28-10-13-33(25)2)17-21-18-35(32-31-21)12-5-14-38-22/h6-7,10,13,16,18,24H,4-5,8-9,11-12,14-15,17,19H2,1-3H3,(H,29,37)(H,30,36)/t24-/m0/s1. The summed E-state index contributed by atoms with van der Waals surface area (Å²) in [6, 6.07) is 4.86. The molecule has 0 unspecified atom stereocenters. The van der Waals surface area contributed by atoms with E-state index in [0.29, 0.717) is 50.5 Å². The van der Waals surface area contributed by atoms with E-state index in [1.807, 2.05) is 54.0 Å². The van der Waals surface area contributed by atoms with Crippen LogP contribution >= 0.6 is 11.8 Å². The Kier molecular flexibility index (Phi) is 10.4. The number of carbonyl (C=O) groups excluding carboxylic acids is 2. The Labute approximate surface area is 233 Å². The first-order valence-corrected chi connectivity index (χ1v) is 14.7. The summed E-state index contributed by atoms with van der Waals surface area (Å²) in [4.78, 5) is 33.0. The Morgan fingerprint density at radius 2 is 2.08 bits per heavy atom. The van der Waals surface area contributed by atoms with Gasteiger partial charge in [-0.05, 0) is 49.5 Å². The van der Waals surface area contributed by atoms with Gasteiger partial charge in [-0.1, -0.05) is 11.3 Å². The van der Waals surface area contributed by atoms with Gasteiger partial charge in [0.05, 0.1) is 18.8 Å². The summed E-state index contributed by atoms with van der Waals surface area (Å²) in [6.45, 7) is 5.54. The normalized spacial score (nSPS) is 18.2. The van der Waals surface area contributed by atoms with Gasteiger partial charge in [0, 0.05) is 63.8 Å². The molecule has 0 radical (unpaired) electrons. The second kappa shape index (κ2) is 14.1. The molecule has 12 heteroatoms. The van der Waals surface area contributed by atoms with Gasteiger partial charge in [-0.3, -0.25) is 19.2 Å². The maximum atomic E-state index is 13.2. The fourth-order valence-corrected chi connectivity index (χ4v) is 4.91. The molecule has 1 atom stereocenters. The van der Waals surface area contributed by atoms with Crippen LogP contribution < -0.4 is 15.4 Å². The number of aryl methyl sites for hydroxylation is 3. The minimum Gasteiger partial charge on any atom is -0.494 e. The van der Waals surface area contributed by atoms with E-state index in [1.54, 1.807) is 24.0 Å². The number of ether oxygens (including phenoxy) is 1. The summed E-state index contributed by atoms with van der Waals surface area (Å²) >= 11 is 1.65. The van der Waals surface area contributed by atoms with Crippen molar-refractivity contribution < 1.29 is 14.3 Å². The molecule has 0 aliphatic carbocycles. The van der Waals surface area contributed by atoms with Crippen LogP contribution in [0.25, 0.3) is 0 Å². The van der Waals surface area contributed by atoms with Gasteiger partial charge in [0.1, 0.15) is 17.6 Å². The average molecular weight is 555 g/mol. The van der Waals surface area contributed by atoms with Gasteiger partial charge >= 0.3 is 0 Å². The molecular formula is C27H38N8O3S. The van der Waals surface area contributed by atoms with Gasteiger partial charge in [-0.25, -0.2) is 4.98 Å². The van der Waals surface area contributed by atoms with E-state index in [1.165, 1.54) is 0 Å². The third-order valence-corrected chi connectivity index (χ3v) is 7.34. The fourth-order valence-electron chi connectivity index (χ4n) is 4.44. The van der Waals surface area contributed by atoms with Gasteiger partial charge in [-0.2, -0.15) is 11.8 Å². The number of rotatable bonds is 5. The van der Waals surface area contributed by atoms with Crippen molar-refractivity contribution in [2.75, 3.05) is 31.7 Å². The molecule has 3 aromatic rings.